The number of halogens is 1. The van der Waals surface area contributed by atoms with Gasteiger partial charge in [-0.3, -0.25) is 19.3 Å². The number of anilines is 2. The highest BCUT2D eigenvalue weighted by Gasteiger charge is 2.28. The van der Waals surface area contributed by atoms with Crippen LogP contribution in [-0.2, 0) is 14.4 Å². The van der Waals surface area contributed by atoms with Crippen LogP contribution in [0.15, 0.2) is 24.3 Å². The zero-order valence-corrected chi connectivity index (χ0v) is 16.7. The Kier molecular flexibility index (Phi) is 8.87. The fourth-order valence-corrected chi connectivity index (χ4v) is 2.61. The first-order valence-electron chi connectivity index (χ1n) is 8.81. The second-order valence-electron chi connectivity index (χ2n) is 6.80. The molecule has 0 unspecified atom stereocenters. The summed E-state index contributed by atoms with van der Waals surface area (Å²) in [6, 6.07) is 5.56. The van der Waals surface area contributed by atoms with Gasteiger partial charge in [0.25, 0.3) is 0 Å². The monoisotopic (exact) mass is 411 g/mol. The topological polar surface area (TPSA) is 134 Å². The summed E-state index contributed by atoms with van der Waals surface area (Å²) >= 11 is 0. The molecule has 5 N–H and O–H groups in total. The SMILES string of the molecule is CC(C)C[C@H](N)C(=O)Nc1ccc(NC(=O)CCN2C(=O)CNC2=O)cc1.Cl. The molecule has 0 aliphatic carbocycles. The number of carbonyl (C=O) groups is 4. The summed E-state index contributed by atoms with van der Waals surface area (Å²) in [6.07, 6.45) is 0.596. The van der Waals surface area contributed by atoms with Crippen molar-refractivity contribution in [1.82, 2.24) is 10.2 Å². The molecule has 2 rings (SSSR count). The average Bonchev–Trinajstić information content (AvgIpc) is 2.92. The third-order valence-corrected chi connectivity index (χ3v) is 4.00. The minimum Gasteiger partial charge on any atom is -0.329 e. The molecule has 10 heteroatoms. The summed E-state index contributed by atoms with van der Waals surface area (Å²) in [5.41, 5.74) is 6.96. The first-order valence-corrected chi connectivity index (χ1v) is 8.81. The van der Waals surface area contributed by atoms with E-state index in [2.05, 4.69) is 16.0 Å². The number of urea groups is 1. The molecule has 0 spiro atoms. The van der Waals surface area contributed by atoms with E-state index in [0.29, 0.717) is 23.7 Å². The highest BCUT2D eigenvalue weighted by molar-refractivity contribution is 6.02. The molecule has 5 amide bonds. The van der Waals surface area contributed by atoms with E-state index < -0.39 is 12.1 Å². The van der Waals surface area contributed by atoms with Crippen molar-refractivity contribution < 1.29 is 19.2 Å². The fraction of sp³-hybridized carbons (Fsp3) is 0.444. The lowest BCUT2D eigenvalue weighted by Crippen LogP contribution is -2.36. The van der Waals surface area contributed by atoms with Gasteiger partial charge >= 0.3 is 6.03 Å². The summed E-state index contributed by atoms with van der Waals surface area (Å²) in [4.78, 5) is 47.8. The summed E-state index contributed by atoms with van der Waals surface area (Å²) in [5, 5.41) is 7.81. The Balaban J connectivity index is 0.00000392. The van der Waals surface area contributed by atoms with E-state index >= 15 is 0 Å². The van der Waals surface area contributed by atoms with Crippen LogP contribution in [0.5, 0.6) is 0 Å². The first-order chi connectivity index (χ1) is 12.8. The molecular weight excluding hydrogens is 386 g/mol. The lowest BCUT2D eigenvalue weighted by Gasteiger charge is -2.14. The number of amides is 5. The average molecular weight is 412 g/mol. The van der Waals surface area contributed by atoms with Crippen molar-refractivity contribution in [2.24, 2.45) is 11.7 Å². The number of hydrogen-bond donors (Lipinski definition) is 4. The van der Waals surface area contributed by atoms with Crippen LogP contribution < -0.4 is 21.7 Å². The van der Waals surface area contributed by atoms with Gasteiger partial charge in [0, 0.05) is 24.3 Å². The molecule has 0 saturated carbocycles. The van der Waals surface area contributed by atoms with Crippen LogP contribution in [0.2, 0.25) is 0 Å². The van der Waals surface area contributed by atoms with Crippen LogP contribution >= 0.6 is 12.4 Å². The van der Waals surface area contributed by atoms with Crippen LogP contribution in [0.3, 0.4) is 0 Å². The molecular formula is C18H26ClN5O4. The summed E-state index contributed by atoms with van der Waals surface area (Å²) < 4.78 is 0. The van der Waals surface area contributed by atoms with Gasteiger partial charge in [0.2, 0.25) is 17.7 Å². The highest BCUT2D eigenvalue weighted by atomic mass is 35.5. The number of hydrogen-bond acceptors (Lipinski definition) is 5. The number of benzene rings is 1. The lowest BCUT2D eigenvalue weighted by molar-refractivity contribution is -0.125. The zero-order chi connectivity index (χ0) is 20.0. The summed E-state index contributed by atoms with van der Waals surface area (Å²) in [6.45, 7) is 3.99. The molecule has 0 aromatic heterocycles. The first kappa shape index (κ1) is 23.4. The number of imide groups is 1. The predicted octanol–water partition coefficient (Wildman–Crippen LogP) is 1.30. The predicted molar refractivity (Wildman–Crippen MR) is 108 cm³/mol. The van der Waals surface area contributed by atoms with Gasteiger partial charge in [-0.1, -0.05) is 13.8 Å². The van der Waals surface area contributed by atoms with E-state index in [4.69, 9.17) is 5.73 Å². The van der Waals surface area contributed by atoms with E-state index in [0.717, 1.165) is 4.90 Å². The van der Waals surface area contributed by atoms with Crippen molar-refractivity contribution in [3.8, 4) is 0 Å². The standard InChI is InChI=1S/C18H25N5O4.ClH/c1-11(2)9-14(19)17(26)22-13-5-3-12(4-6-13)21-15(24)7-8-23-16(25)10-20-18(23)27;/h3-6,11,14H,7-10,19H2,1-2H3,(H,20,27)(H,21,24)(H,22,26);1H/t14-;/m0./s1. The maximum absolute atomic E-state index is 12.0. The van der Waals surface area contributed by atoms with Gasteiger partial charge in [0.1, 0.15) is 0 Å². The molecule has 1 aromatic rings. The Morgan fingerprint density at radius 2 is 1.71 bits per heavy atom. The Hall–Kier alpha value is -2.65. The van der Waals surface area contributed by atoms with Gasteiger partial charge in [-0.15, -0.1) is 12.4 Å². The van der Waals surface area contributed by atoms with Crippen molar-refractivity contribution in [2.45, 2.75) is 32.7 Å². The van der Waals surface area contributed by atoms with E-state index in [9.17, 15) is 19.2 Å². The Morgan fingerprint density at radius 1 is 1.14 bits per heavy atom. The van der Waals surface area contributed by atoms with Gasteiger partial charge in [0.15, 0.2) is 0 Å². The van der Waals surface area contributed by atoms with Gasteiger partial charge in [-0.05, 0) is 36.6 Å². The second-order valence-corrected chi connectivity index (χ2v) is 6.80. The van der Waals surface area contributed by atoms with Gasteiger partial charge < -0.3 is 21.7 Å². The van der Waals surface area contributed by atoms with Crippen molar-refractivity contribution in [2.75, 3.05) is 23.7 Å². The molecule has 0 radical (unpaired) electrons. The molecule has 1 fully saturated rings. The molecule has 1 heterocycles. The highest BCUT2D eigenvalue weighted by Crippen LogP contribution is 2.15. The fourth-order valence-electron chi connectivity index (χ4n) is 2.61. The molecule has 1 aliphatic rings. The smallest absolute Gasteiger partial charge is 0.324 e. The largest absolute Gasteiger partial charge is 0.329 e. The van der Waals surface area contributed by atoms with Crippen LogP contribution in [0, 0.1) is 5.92 Å². The molecule has 9 nitrogen and oxygen atoms in total. The van der Waals surface area contributed by atoms with Crippen LogP contribution in [0.25, 0.3) is 0 Å². The summed E-state index contributed by atoms with van der Waals surface area (Å²) in [5.74, 6) is -0.596. The Bertz CT molecular complexity index is 707. The van der Waals surface area contributed by atoms with Crippen molar-refractivity contribution >= 4 is 47.5 Å². The number of nitrogens with zero attached hydrogens (tertiary/aromatic N) is 1. The Labute approximate surface area is 169 Å². The second kappa shape index (κ2) is 10.6. The molecule has 1 saturated heterocycles. The van der Waals surface area contributed by atoms with Crippen LogP contribution in [0.1, 0.15) is 26.7 Å². The van der Waals surface area contributed by atoms with E-state index in [1.165, 1.54) is 0 Å². The van der Waals surface area contributed by atoms with E-state index in [1.54, 1.807) is 24.3 Å². The van der Waals surface area contributed by atoms with Crippen molar-refractivity contribution in [3.63, 3.8) is 0 Å². The molecule has 1 atom stereocenters. The maximum atomic E-state index is 12.0. The van der Waals surface area contributed by atoms with Gasteiger partial charge in [0.05, 0.1) is 12.6 Å². The minimum absolute atomic E-state index is 0. The lowest BCUT2D eigenvalue weighted by atomic mass is 10.0. The van der Waals surface area contributed by atoms with E-state index in [-0.39, 0.29) is 49.6 Å². The number of carbonyl (C=O) groups excluding carboxylic acids is 4. The Morgan fingerprint density at radius 3 is 2.21 bits per heavy atom. The van der Waals surface area contributed by atoms with Gasteiger partial charge in [-0.2, -0.15) is 0 Å². The normalized spacial score (nSPS) is 14.4. The van der Waals surface area contributed by atoms with E-state index in [1.807, 2.05) is 13.8 Å². The van der Waals surface area contributed by atoms with Gasteiger partial charge in [-0.25, -0.2) is 4.79 Å². The molecule has 28 heavy (non-hydrogen) atoms. The quantitative estimate of drug-likeness (QED) is 0.478. The molecule has 1 aromatic carbocycles. The van der Waals surface area contributed by atoms with Crippen molar-refractivity contribution in [1.29, 1.82) is 0 Å². The maximum Gasteiger partial charge on any atom is 0.324 e. The zero-order valence-electron chi connectivity index (χ0n) is 15.9. The number of rotatable bonds is 8. The van der Waals surface area contributed by atoms with Crippen LogP contribution in [0.4, 0.5) is 16.2 Å². The molecule has 1 aliphatic heterocycles. The number of nitrogens with one attached hydrogen (secondary N) is 3. The number of nitrogens with two attached hydrogens (primary N) is 1. The minimum atomic E-state index is -0.574. The molecule has 154 valence electrons. The third-order valence-electron chi connectivity index (χ3n) is 4.00. The third kappa shape index (κ3) is 6.82. The van der Waals surface area contributed by atoms with Crippen molar-refractivity contribution in [3.05, 3.63) is 24.3 Å². The molecule has 0 bridgehead atoms. The summed E-state index contributed by atoms with van der Waals surface area (Å²) in [7, 11) is 0. The van der Waals surface area contributed by atoms with Crippen LogP contribution in [-0.4, -0.2) is 47.8 Å².